The van der Waals surface area contributed by atoms with Crippen LogP contribution in [0.5, 0.6) is 0 Å². The SMILES string of the molecule is C#Cc1cccc([C](C)CF)c1C. The summed E-state index contributed by atoms with van der Waals surface area (Å²) in [5.41, 5.74) is 2.75. The Bertz CT molecular complexity index is 333. The smallest absolute Gasteiger partial charge is 0.0997 e. The predicted molar refractivity (Wildman–Crippen MR) is 53.1 cm³/mol. The summed E-state index contributed by atoms with van der Waals surface area (Å²) in [5, 5.41) is 0. The molecule has 1 rings (SSSR count). The van der Waals surface area contributed by atoms with Gasteiger partial charge in [-0.15, -0.1) is 6.42 Å². The summed E-state index contributed by atoms with van der Waals surface area (Å²) in [7, 11) is 0. The van der Waals surface area contributed by atoms with Crippen LogP contribution in [-0.4, -0.2) is 6.67 Å². The fourth-order valence-corrected chi connectivity index (χ4v) is 1.33. The van der Waals surface area contributed by atoms with Crippen molar-refractivity contribution in [2.45, 2.75) is 13.8 Å². The van der Waals surface area contributed by atoms with Crippen LogP contribution in [0.3, 0.4) is 0 Å². The van der Waals surface area contributed by atoms with Gasteiger partial charge < -0.3 is 0 Å². The van der Waals surface area contributed by atoms with Crippen LogP contribution in [0.15, 0.2) is 18.2 Å². The highest BCUT2D eigenvalue weighted by Crippen LogP contribution is 2.21. The molecule has 0 saturated heterocycles. The minimum atomic E-state index is -0.422. The average Bonchev–Trinajstić information content (AvgIpc) is 2.17. The van der Waals surface area contributed by atoms with E-state index in [-0.39, 0.29) is 0 Å². The minimum absolute atomic E-state index is 0.422. The zero-order valence-electron chi connectivity index (χ0n) is 7.89. The molecule has 67 valence electrons. The highest BCUT2D eigenvalue weighted by Gasteiger charge is 2.09. The molecule has 0 spiro atoms. The van der Waals surface area contributed by atoms with Gasteiger partial charge in [-0.2, -0.15) is 0 Å². The molecule has 1 aromatic carbocycles. The molecule has 0 aliphatic heterocycles. The van der Waals surface area contributed by atoms with E-state index in [1.54, 1.807) is 6.92 Å². The van der Waals surface area contributed by atoms with Gasteiger partial charge in [0, 0.05) is 11.5 Å². The first kappa shape index (κ1) is 9.80. The predicted octanol–water partition coefficient (Wildman–Crippen LogP) is 2.89. The van der Waals surface area contributed by atoms with E-state index in [0.717, 1.165) is 22.6 Å². The van der Waals surface area contributed by atoms with Crippen molar-refractivity contribution in [1.82, 2.24) is 0 Å². The Morgan fingerprint density at radius 3 is 2.77 bits per heavy atom. The molecular weight excluding hydrogens is 163 g/mol. The monoisotopic (exact) mass is 175 g/mol. The molecule has 1 aromatic rings. The van der Waals surface area contributed by atoms with Crippen LogP contribution >= 0.6 is 0 Å². The molecule has 0 aliphatic rings. The zero-order chi connectivity index (χ0) is 9.84. The van der Waals surface area contributed by atoms with Gasteiger partial charge in [0.15, 0.2) is 0 Å². The first-order valence-electron chi connectivity index (χ1n) is 4.15. The Labute approximate surface area is 78.8 Å². The Morgan fingerprint density at radius 1 is 1.54 bits per heavy atom. The number of benzene rings is 1. The van der Waals surface area contributed by atoms with Crippen LogP contribution in [0.2, 0.25) is 0 Å². The Morgan fingerprint density at radius 2 is 2.23 bits per heavy atom. The van der Waals surface area contributed by atoms with Gasteiger partial charge in [0.2, 0.25) is 0 Å². The minimum Gasteiger partial charge on any atom is -0.250 e. The van der Waals surface area contributed by atoms with Gasteiger partial charge in [0.1, 0.15) is 0 Å². The standard InChI is InChI=1S/C12H12F/c1-4-11-6-5-7-12(10(11)3)9(2)8-13/h1,5-7H,8H2,2-3H3. The third kappa shape index (κ3) is 1.89. The lowest BCUT2D eigenvalue weighted by Crippen LogP contribution is -2.00. The van der Waals surface area contributed by atoms with Gasteiger partial charge in [-0.1, -0.05) is 25.0 Å². The summed E-state index contributed by atoms with van der Waals surface area (Å²) in [4.78, 5) is 0. The lowest BCUT2D eigenvalue weighted by atomic mass is 9.94. The molecule has 0 amide bonds. The lowest BCUT2D eigenvalue weighted by Gasteiger charge is -2.11. The van der Waals surface area contributed by atoms with Gasteiger partial charge >= 0.3 is 0 Å². The number of halogens is 1. The van der Waals surface area contributed by atoms with Crippen LogP contribution in [0.1, 0.15) is 23.6 Å². The van der Waals surface area contributed by atoms with Crippen molar-refractivity contribution >= 4 is 0 Å². The van der Waals surface area contributed by atoms with E-state index in [1.807, 2.05) is 25.1 Å². The molecule has 0 aromatic heterocycles. The van der Waals surface area contributed by atoms with Crippen molar-refractivity contribution in [2.75, 3.05) is 6.67 Å². The summed E-state index contributed by atoms with van der Waals surface area (Å²) in [6, 6.07) is 5.62. The van der Waals surface area contributed by atoms with Gasteiger partial charge in [-0.05, 0) is 24.1 Å². The summed E-state index contributed by atoms with van der Waals surface area (Å²) in [5.74, 6) is 3.31. The van der Waals surface area contributed by atoms with Crippen molar-refractivity contribution in [3.63, 3.8) is 0 Å². The second-order valence-electron chi connectivity index (χ2n) is 3.04. The largest absolute Gasteiger partial charge is 0.250 e. The molecule has 0 unspecified atom stereocenters. The third-order valence-electron chi connectivity index (χ3n) is 2.15. The summed E-state index contributed by atoms with van der Waals surface area (Å²) in [6.45, 7) is 3.28. The van der Waals surface area contributed by atoms with E-state index in [1.165, 1.54) is 0 Å². The second kappa shape index (κ2) is 4.09. The molecule has 0 N–H and O–H groups in total. The van der Waals surface area contributed by atoms with Gasteiger partial charge in [0.25, 0.3) is 0 Å². The first-order chi connectivity index (χ1) is 6.20. The maximum absolute atomic E-state index is 12.4. The maximum Gasteiger partial charge on any atom is 0.0997 e. The van der Waals surface area contributed by atoms with E-state index in [0.29, 0.717) is 0 Å². The van der Waals surface area contributed by atoms with E-state index >= 15 is 0 Å². The average molecular weight is 175 g/mol. The van der Waals surface area contributed by atoms with Crippen molar-refractivity contribution in [2.24, 2.45) is 0 Å². The molecule has 0 aliphatic carbocycles. The van der Waals surface area contributed by atoms with Crippen LogP contribution in [0.4, 0.5) is 4.39 Å². The van der Waals surface area contributed by atoms with Crippen molar-refractivity contribution in [1.29, 1.82) is 0 Å². The quantitative estimate of drug-likeness (QED) is 0.606. The van der Waals surface area contributed by atoms with E-state index in [9.17, 15) is 4.39 Å². The fraction of sp³-hybridized carbons (Fsp3) is 0.250. The number of hydrogen-bond donors (Lipinski definition) is 0. The first-order valence-corrected chi connectivity index (χ1v) is 4.15. The van der Waals surface area contributed by atoms with E-state index in [4.69, 9.17) is 6.42 Å². The Hall–Kier alpha value is -1.29. The van der Waals surface area contributed by atoms with Gasteiger partial charge in [-0.25, -0.2) is 0 Å². The molecule has 0 saturated carbocycles. The zero-order valence-corrected chi connectivity index (χ0v) is 7.89. The normalized spacial score (nSPS) is 10.1. The van der Waals surface area contributed by atoms with E-state index < -0.39 is 6.67 Å². The molecular formula is C12H12F. The number of rotatable bonds is 2. The number of terminal acetylenes is 1. The lowest BCUT2D eigenvalue weighted by molar-refractivity contribution is 0.515. The maximum atomic E-state index is 12.4. The Kier molecular flexibility index (Phi) is 3.08. The molecule has 0 bridgehead atoms. The topological polar surface area (TPSA) is 0 Å². The van der Waals surface area contributed by atoms with Crippen LogP contribution in [0.25, 0.3) is 0 Å². The van der Waals surface area contributed by atoms with Crippen LogP contribution in [0, 0.1) is 25.2 Å². The molecule has 1 radical (unpaired) electrons. The van der Waals surface area contributed by atoms with E-state index in [2.05, 4.69) is 5.92 Å². The van der Waals surface area contributed by atoms with Crippen molar-refractivity contribution in [3.05, 3.63) is 40.8 Å². The van der Waals surface area contributed by atoms with Crippen molar-refractivity contribution in [3.8, 4) is 12.3 Å². The molecule has 13 heavy (non-hydrogen) atoms. The summed E-state index contributed by atoms with van der Waals surface area (Å²) in [6.07, 6.45) is 5.31. The molecule has 0 atom stereocenters. The molecule has 0 nitrogen and oxygen atoms in total. The third-order valence-corrected chi connectivity index (χ3v) is 2.15. The van der Waals surface area contributed by atoms with Crippen molar-refractivity contribution < 1.29 is 4.39 Å². The molecule has 0 heterocycles. The van der Waals surface area contributed by atoms with Gasteiger partial charge in [0.05, 0.1) is 6.67 Å². The number of hydrogen-bond acceptors (Lipinski definition) is 0. The molecule has 0 fully saturated rings. The second-order valence-corrected chi connectivity index (χ2v) is 3.04. The summed E-state index contributed by atoms with van der Waals surface area (Å²) >= 11 is 0. The summed E-state index contributed by atoms with van der Waals surface area (Å²) < 4.78 is 12.4. The fourth-order valence-electron chi connectivity index (χ4n) is 1.33. The van der Waals surface area contributed by atoms with Crippen LogP contribution in [-0.2, 0) is 0 Å². The highest BCUT2D eigenvalue weighted by molar-refractivity contribution is 5.48. The van der Waals surface area contributed by atoms with Crippen LogP contribution < -0.4 is 0 Å². The number of alkyl halides is 1. The van der Waals surface area contributed by atoms with Gasteiger partial charge in [-0.3, -0.25) is 4.39 Å². The Balaban J connectivity index is 3.17. The molecule has 1 heteroatoms. The highest BCUT2D eigenvalue weighted by atomic mass is 19.1.